The maximum Gasteiger partial charge on any atom is 0.262 e. The van der Waals surface area contributed by atoms with Crippen LogP contribution in [-0.4, -0.2) is 18.6 Å². The Labute approximate surface area is 159 Å². The first-order valence-corrected chi connectivity index (χ1v) is 10.1. The number of para-hydroxylation sites is 1. The molecule has 1 heterocycles. The van der Waals surface area contributed by atoms with Crippen LogP contribution >= 0.6 is 0 Å². The molecule has 27 heavy (non-hydrogen) atoms. The molecule has 3 aromatic rings. The van der Waals surface area contributed by atoms with Crippen molar-refractivity contribution >= 4 is 15.7 Å². The van der Waals surface area contributed by atoms with Crippen LogP contribution in [0.4, 0.5) is 5.69 Å². The van der Waals surface area contributed by atoms with Crippen LogP contribution < -0.4 is 4.72 Å². The van der Waals surface area contributed by atoms with Gasteiger partial charge in [0.1, 0.15) is 0 Å². The average Bonchev–Trinajstić information content (AvgIpc) is 3.04. The second-order valence-electron chi connectivity index (χ2n) is 6.75. The van der Waals surface area contributed by atoms with Crippen molar-refractivity contribution in [3.8, 4) is 11.5 Å². The lowest BCUT2D eigenvalue weighted by Gasteiger charge is -2.20. The normalized spacial score (nSPS) is 11.6. The molecule has 0 bridgehead atoms. The third-order valence-electron chi connectivity index (χ3n) is 5.13. The second kappa shape index (κ2) is 6.81. The Balaban J connectivity index is 2.13. The minimum atomic E-state index is -3.80. The van der Waals surface area contributed by atoms with Gasteiger partial charge in [0.15, 0.2) is 5.82 Å². The van der Waals surface area contributed by atoms with Gasteiger partial charge < -0.3 is 4.52 Å². The number of aryl methyl sites for hydroxylation is 1. The molecule has 0 aliphatic carbocycles. The van der Waals surface area contributed by atoms with E-state index in [9.17, 15) is 8.42 Å². The van der Waals surface area contributed by atoms with Crippen molar-refractivity contribution in [2.75, 3.05) is 4.72 Å². The summed E-state index contributed by atoms with van der Waals surface area (Å²) in [6, 6.07) is 6.99. The molecule has 142 valence electrons. The minimum Gasteiger partial charge on any atom is -0.334 e. The van der Waals surface area contributed by atoms with E-state index in [1.54, 1.807) is 31.2 Å². The second-order valence-corrected chi connectivity index (χ2v) is 8.37. The van der Waals surface area contributed by atoms with Gasteiger partial charge in [-0.3, -0.25) is 4.72 Å². The highest BCUT2D eigenvalue weighted by atomic mass is 32.2. The highest BCUT2D eigenvalue weighted by Crippen LogP contribution is 2.33. The zero-order valence-electron chi connectivity index (χ0n) is 16.3. The van der Waals surface area contributed by atoms with Gasteiger partial charge in [-0.2, -0.15) is 4.98 Å². The van der Waals surface area contributed by atoms with E-state index < -0.39 is 10.0 Å². The SMILES string of the molecule is Cc1noc(-c2ccccc2NS(=O)(=O)c2c(C)c(C)c(C)c(C)c2C)n1. The highest BCUT2D eigenvalue weighted by Gasteiger charge is 2.25. The summed E-state index contributed by atoms with van der Waals surface area (Å²) in [7, 11) is -3.80. The molecule has 1 N–H and O–H groups in total. The van der Waals surface area contributed by atoms with Crippen molar-refractivity contribution < 1.29 is 12.9 Å². The number of hydrogen-bond donors (Lipinski definition) is 1. The number of anilines is 1. The van der Waals surface area contributed by atoms with Crippen LogP contribution in [0.15, 0.2) is 33.7 Å². The zero-order chi connectivity index (χ0) is 19.9. The van der Waals surface area contributed by atoms with Gasteiger partial charge in [0.25, 0.3) is 15.9 Å². The molecule has 0 atom stereocenters. The molecule has 2 aromatic carbocycles. The zero-order valence-corrected chi connectivity index (χ0v) is 17.2. The fourth-order valence-corrected chi connectivity index (χ4v) is 4.91. The molecular formula is C20H23N3O3S. The predicted octanol–water partition coefficient (Wildman–Crippen LogP) is 4.39. The molecule has 0 saturated carbocycles. The van der Waals surface area contributed by atoms with Crippen LogP contribution in [-0.2, 0) is 10.0 Å². The van der Waals surface area contributed by atoms with Gasteiger partial charge in [0.05, 0.1) is 16.1 Å². The lowest BCUT2D eigenvalue weighted by Crippen LogP contribution is -2.18. The molecule has 0 aliphatic heterocycles. The van der Waals surface area contributed by atoms with Crippen LogP contribution in [0.2, 0.25) is 0 Å². The Bertz CT molecular complexity index is 1100. The van der Waals surface area contributed by atoms with E-state index in [2.05, 4.69) is 14.9 Å². The monoisotopic (exact) mass is 385 g/mol. The number of benzene rings is 2. The van der Waals surface area contributed by atoms with E-state index >= 15 is 0 Å². The fraction of sp³-hybridized carbons (Fsp3) is 0.300. The van der Waals surface area contributed by atoms with E-state index in [1.165, 1.54) is 0 Å². The fourth-order valence-electron chi connectivity index (χ4n) is 3.23. The molecule has 0 spiro atoms. The highest BCUT2D eigenvalue weighted by molar-refractivity contribution is 7.92. The summed E-state index contributed by atoms with van der Waals surface area (Å²) in [5, 5.41) is 3.79. The van der Waals surface area contributed by atoms with Gasteiger partial charge in [-0.1, -0.05) is 17.3 Å². The largest absolute Gasteiger partial charge is 0.334 e. The smallest absolute Gasteiger partial charge is 0.262 e. The van der Waals surface area contributed by atoms with Crippen LogP contribution in [0, 0.1) is 41.5 Å². The van der Waals surface area contributed by atoms with E-state index in [4.69, 9.17) is 4.52 Å². The van der Waals surface area contributed by atoms with E-state index in [0.29, 0.717) is 22.0 Å². The van der Waals surface area contributed by atoms with E-state index in [-0.39, 0.29) is 5.89 Å². The maximum atomic E-state index is 13.3. The molecule has 0 saturated heterocycles. The number of nitrogens with one attached hydrogen (secondary N) is 1. The maximum absolute atomic E-state index is 13.3. The van der Waals surface area contributed by atoms with E-state index in [0.717, 1.165) is 27.8 Å². The van der Waals surface area contributed by atoms with Crippen LogP contribution in [0.5, 0.6) is 0 Å². The summed E-state index contributed by atoms with van der Waals surface area (Å²) in [5.41, 5.74) is 5.54. The number of nitrogens with zero attached hydrogens (tertiary/aromatic N) is 2. The van der Waals surface area contributed by atoms with Crippen molar-refractivity contribution in [1.82, 2.24) is 10.1 Å². The van der Waals surface area contributed by atoms with Crippen molar-refractivity contribution in [1.29, 1.82) is 0 Å². The lowest BCUT2D eigenvalue weighted by atomic mass is 9.95. The quantitative estimate of drug-likeness (QED) is 0.720. The van der Waals surface area contributed by atoms with Crippen molar-refractivity contribution in [3.63, 3.8) is 0 Å². The molecule has 0 amide bonds. The number of aromatic nitrogens is 2. The van der Waals surface area contributed by atoms with Gasteiger partial charge in [0, 0.05) is 0 Å². The van der Waals surface area contributed by atoms with Crippen molar-refractivity contribution in [2.24, 2.45) is 0 Å². The Hall–Kier alpha value is -2.67. The molecular weight excluding hydrogens is 362 g/mol. The van der Waals surface area contributed by atoms with Crippen LogP contribution in [0.1, 0.15) is 33.6 Å². The number of hydrogen-bond acceptors (Lipinski definition) is 5. The Kier molecular flexibility index (Phi) is 4.82. The van der Waals surface area contributed by atoms with Gasteiger partial charge >= 0.3 is 0 Å². The molecule has 0 aliphatic rings. The van der Waals surface area contributed by atoms with Crippen LogP contribution in [0.3, 0.4) is 0 Å². The lowest BCUT2D eigenvalue weighted by molar-refractivity contribution is 0.426. The van der Waals surface area contributed by atoms with Crippen molar-refractivity contribution in [3.05, 3.63) is 57.9 Å². The Morgan fingerprint density at radius 2 is 1.41 bits per heavy atom. The summed E-state index contributed by atoms with van der Waals surface area (Å²) in [6.07, 6.45) is 0. The average molecular weight is 385 g/mol. The van der Waals surface area contributed by atoms with E-state index in [1.807, 2.05) is 34.6 Å². The third-order valence-corrected chi connectivity index (χ3v) is 6.77. The Morgan fingerprint density at radius 1 is 0.852 bits per heavy atom. The minimum absolute atomic E-state index is 0.274. The van der Waals surface area contributed by atoms with Crippen LogP contribution in [0.25, 0.3) is 11.5 Å². The molecule has 7 heteroatoms. The summed E-state index contributed by atoms with van der Waals surface area (Å²) in [6.45, 7) is 11.3. The standard InChI is InChI=1S/C20H23N3O3S/c1-11-12(2)14(4)19(15(5)13(11)3)27(24,25)23-18-10-8-7-9-17(18)20-21-16(6)22-26-20/h7-10,23H,1-6H3. The van der Waals surface area contributed by atoms with Gasteiger partial charge in [-0.25, -0.2) is 8.42 Å². The van der Waals surface area contributed by atoms with Gasteiger partial charge in [-0.15, -0.1) is 0 Å². The first kappa shape index (κ1) is 19.1. The van der Waals surface area contributed by atoms with Gasteiger partial charge in [-0.05, 0) is 81.5 Å². The summed E-state index contributed by atoms with van der Waals surface area (Å²) in [4.78, 5) is 4.53. The Morgan fingerprint density at radius 3 is 1.96 bits per heavy atom. The molecule has 3 rings (SSSR count). The molecule has 0 radical (unpaired) electrons. The summed E-state index contributed by atoms with van der Waals surface area (Å²) >= 11 is 0. The summed E-state index contributed by atoms with van der Waals surface area (Å²) < 4.78 is 34.5. The first-order chi connectivity index (χ1) is 12.6. The first-order valence-electron chi connectivity index (χ1n) is 8.63. The molecule has 6 nitrogen and oxygen atoms in total. The third kappa shape index (κ3) is 3.35. The molecule has 0 unspecified atom stereocenters. The predicted molar refractivity (Wildman–Crippen MR) is 105 cm³/mol. The topological polar surface area (TPSA) is 85.1 Å². The van der Waals surface area contributed by atoms with Gasteiger partial charge in [0.2, 0.25) is 0 Å². The molecule has 0 fully saturated rings. The van der Waals surface area contributed by atoms with Crippen molar-refractivity contribution in [2.45, 2.75) is 46.4 Å². The number of rotatable bonds is 4. The summed E-state index contributed by atoms with van der Waals surface area (Å²) in [5.74, 6) is 0.759. The number of sulfonamides is 1. The molecule has 1 aromatic heterocycles.